The molecule has 0 spiro atoms. The van der Waals surface area contributed by atoms with Crippen LogP contribution < -0.4 is 10.1 Å². The van der Waals surface area contributed by atoms with Crippen molar-refractivity contribution in [2.45, 2.75) is 18.9 Å². The number of ketones is 1. The first kappa shape index (κ1) is 20.6. The van der Waals surface area contributed by atoms with Crippen molar-refractivity contribution in [3.05, 3.63) is 90.0 Å². The molecule has 5 rings (SSSR count). The number of anilines is 1. The standard InChI is InChI=1S/C25H21N5O3/c31-23(16-33-22-13-9-18(10-14-22)24(32)17-5-2-1-3-6-17)26-20-8-4-7-19(15-20)25-27-28-29-30(25)21-11-12-21/h1-10,13-15,21H,11-12,16H2,(H,26,31). The van der Waals surface area contributed by atoms with Gasteiger partial charge in [-0.2, -0.15) is 0 Å². The van der Waals surface area contributed by atoms with Crippen LogP contribution in [0, 0.1) is 0 Å². The number of ether oxygens (including phenoxy) is 1. The lowest BCUT2D eigenvalue weighted by Crippen LogP contribution is -2.20. The summed E-state index contributed by atoms with van der Waals surface area (Å²) >= 11 is 0. The second kappa shape index (κ2) is 9.04. The lowest BCUT2D eigenvalue weighted by Gasteiger charge is -2.09. The summed E-state index contributed by atoms with van der Waals surface area (Å²) in [5.41, 5.74) is 2.65. The van der Waals surface area contributed by atoms with E-state index in [4.69, 9.17) is 4.74 Å². The molecule has 1 heterocycles. The molecule has 0 atom stereocenters. The van der Waals surface area contributed by atoms with E-state index in [0.29, 0.717) is 34.4 Å². The van der Waals surface area contributed by atoms with Gasteiger partial charge in [-0.3, -0.25) is 9.59 Å². The first-order chi connectivity index (χ1) is 16.2. The van der Waals surface area contributed by atoms with Gasteiger partial charge in [0.05, 0.1) is 6.04 Å². The van der Waals surface area contributed by atoms with Gasteiger partial charge in [0.2, 0.25) is 0 Å². The SMILES string of the molecule is O=C(COc1ccc(C(=O)c2ccccc2)cc1)Nc1cccc(-c2nnnn2C2CC2)c1. The Morgan fingerprint density at radius 3 is 2.45 bits per heavy atom. The molecule has 8 heteroatoms. The maximum Gasteiger partial charge on any atom is 0.262 e. The molecule has 33 heavy (non-hydrogen) atoms. The van der Waals surface area contributed by atoms with Gasteiger partial charge in [-0.1, -0.05) is 42.5 Å². The fourth-order valence-electron chi connectivity index (χ4n) is 3.49. The summed E-state index contributed by atoms with van der Waals surface area (Å²) in [7, 11) is 0. The molecule has 0 unspecified atom stereocenters. The van der Waals surface area contributed by atoms with Crippen LogP contribution in [0.2, 0.25) is 0 Å². The number of hydrogen-bond donors (Lipinski definition) is 1. The number of nitrogens with zero attached hydrogens (tertiary/aromatic N) is 4. The second-order valence-corrected chi connectivity index (χ2v) is 7.82. The minimum atomic E-state index is -0.293. The van der Waals surface area contributed by atoms with Gasteiger partial charge >= 0.3 is 0 Å². The zero-order chi connectivity index (χ0) is 22.6. The highest BCUT2D eigenvalue weighted by atomic mass is 16.5. The van der Waals surface area contributed by atoms with E-state index in [1.807, 2.05) is 41.1 Å². The Morgan fingerprint density at radius 2 is 1.70 bits per heavy atom. The molecular weight excluding hydrogens is 418 g/mol. The van der Waals surface area contributed by atoms with Crippen LogP contribution in [-0.4, -0.2) is 38.5 Å². The molecule has 1 aliphatic rings. The molecule has 1 saturated carbocycles. The fourth-order valence-corrected chi connectivity index (χ4v) is 3.49. The topological polar surface area (TPSA) is 99.0 Å². The molecule has 3 aromatic carbocycles. The van der Waals surface area contributed by atoms with E-state index < -0.39 is 0 Å². The molecule has 8 nitrogen and oxygen atoms in total. The van der Waals surface area contributed by atoms with Crippen LogP contribution in [0.15, 0.2) is 78.9 Å². The second-order valence-electron chi connectivity index (χ2n) is 7.82. The Morgan fingerprint density at radius 1 is 0.939 bits per heavy atom. The Kier molecular flexibility index (Phi) is 5.63. The number of aromatic nitrogens is 4. The van der Waals surface area contributed by atoms with Crippen LogP contribution in [0.1, 0.15) is 34.8 Å². The third-order valence-electron chi connectivity index (χ3n) is 5.31. The quantitative estimate of drug-likeness (QED) is 0.418. The first-order valence-corrected chi connectivity index (χ1v) is 10.7. The summed E-state index contributed by atoms with van der Waals surface area (Å²) in [4.78, 5) is 24.9. The highest BCUT2D eigenvalue weighted by molar-refractivity contribution is 6.09. The molecule has 1 aromatic heterocycles. The molecule has 1 amide bonds. The maximum absolute atomic E-state index is 12.5. The largest absolute Gasteiger partial charge is 0.484 e. The van der Waals surface area contributed by atoms with E-state index in [-0.39, 0.29) is 18.3 Å². The number of hydrogen-bond acceptors (Lipinski definition) is 6. The number of tetrazole rings is 1. The molecule has 0 saturated heterocycles. The predicted octanol–water partition coefficient (Wildman–Crippen LogP) is 3.92. The lowest BCUT2D eigenvalue weighted by atomic mass is 10.0. The van der Waals surface area contributed by atoms with Crippen LogP contribution in [0.5, 0.6) is 5.75 Å². The third kappa shape index (κ3) is 4.79. The van der Waals surface area contributed by atoms with Crippen molar-refractivity contribution in [1.82, 2.24) is 20.2 Å². The van der Waals surface area contributed by atoms with Gasteiger partial charge in [-0.25, -0.2) is 4.68 Å². The number of carbonyl (C=O) groups is 2. The zero-order valence-corrected chi connectivity index (χ0v) is 17.7. The van der Waals surface area contributed by atoms with Gasteiger partial charge in [0.15, 0.2) is 18.2 Å². The maximum atomic E-state index is 12.5. The van der Waals surface area contributed by atoms with Gasteiger partial charge in [0.25, 0.3) is 5.91 Å². The first-order valence-electron chi connectivity index (χ1n) is 10.7. The Bertz CT molecular complexity index is 1280. The van der Waals surface area contributed by atoms with Crippen molar-refractivity contribution in [3.63, 3.8) is 0 Å². The molecule has 1 aliphatic carbocycles. The van der Waals surface area contributed by atoms with E-state index >= 15 is 0 Å². The van der Waals surface area contributed by atoms with Crippen LogP contribution in [0.4, 0.5) is 5.69 Å². The molecule has 1 N–H and O–H groups in total. The monoisotopic (exact) mass is 439 g/mol. The molecule has 164 valence electrons. The fraction of sp³-hybridized carbons (Fsp3) is 0.160. The Labute approximate surface area is 190 Å². The van der Waals surface area contributed by atoms with Crippen LogP contribution in [0.3, 0.4) is 0 Å². The van der Waals surface area contributed by atoms with Crippen molar-refractivity contribution in [2.24, 2.45) is 0 Å². The normalized spacial score (nSPS) is 12.8. The van der Waals surface area contributed by atoms with Crippen molar-refractivity contribution in [1.29, 1.82) is 0 Å². The number of rotatable bonds is 8. The number of amides is 1. The average Bonchev–Trinajstić information content (AvgIpc) is 3.59. The van der Waals surface area contributed by atoms with Crippen molar-refractivity contribution >= 4 is 17.4 Å². The summed E-state index contributed by atoms with van der Waals surface area (Å²) in [5.74, 6) is 0.841. The highest BCUT2D eigenvalue weighted by Gasteiger charge is 2.28. The summed E-state index contributed by atoms with van der Waals surface area (Å²) in [5, 5.41) is 14.8. The Hall–Kier alpha value is -4.33. The van der Waals surface area contributed by atoms with E-state index in [9.17, 15) is 9.59 Å². The number of benzene rings is 3. The lowest BCUT2D eigenvalue weighted by molar-refractivity contribution is -0.118. The van der Waals surface area contributed by atoms with Crippen LogP contribution in [0.25, 0.3) is 11.4 Å². The Balaban J connectivity index is 1.18. The highest BCUT2D eigenvalue weighted by Crippen LogP contribution is 2.36. The number of carbonyl (C=O) groups excluding carboxylic acids is 2. The summed E-state index contributed by atoms with van der Waals surface area (Å²) in [6, 6.07) is 23.6. The van der Waals surface area contributed by atoms with Crippen molar-refractivity contribution in [3.8, 4) is 17.1 Å². The minimum absolute atomic E-state index is 0.0625. The van der Waals surface area contributed by atoms with E-state index in [1.165, 1.54) is 0 Å². The summed E-state index contributed by atoms with van der Waals surface area (Å²) in [6.45, 7) is -0.157. The smallest absolute Gasteiger partial charge is 0.262 e. The minimum Gasteiger partial charge on any atom is -0.484 e. The predicted molar refractivity (Wildman–Crippen MR) is 122 cm³/mol. The van der Waals surface area contributed by atoms with E-state index in [2.05, 4.69) is 20.8 Å². The zero-order valence-electron chi connectivity index (χ0n) is 17.7. The van der Waals surface area contributed by atoms with E-state index in [0.717, 1.165) is 18.4 Å². The molecule has 1 fully saturated rings. The average molecular weight is 439 g/mol. The number of nitrogens with one attached hydrogen (secondary N) is 1. The summed E-state index contributed by atoms with van der Waals surface area (Å²) in [6.07, 6.45) is 2.15. The van der Waals surface area contributed by atoms with Gasteiger partial charge in [-0.15, -0.1) is 5.10 Å². The molecule has 4 aromatic rings. The molecule has 0 aliphatic heterocycles. The van der Waals surface area contributed by atoms with Gasteiger partial charge in [0.1, 0.15) is 5.75 Å². The van der Waals surface area contributed by atoms with Crippen molar-refractivity contribution in [2.75, 3.05) is 11.9 Å². The molecule has 0 bridgehead atoms. The third-order valence-corrected chi connectivity index (χ3v) is 5.31. The molecule has 0 radical (unpaired) electrons. The van der Waals surface area contributed by atoms with Crippen LogP contribution in [-0.2, 0) is 4.79 Å². The van der Waals surface area contributed by atoms with Gasteiger partial charge in [-0.05, 0) is 59.7 Å². The van der Waals surface area contributed by atoms with Gasteiger partial charge < -0.3 is 10.1 Å². The van der Waals surface area contributed by atoms with E-state index in [1.54, 1.807) is 42.5 Å². The summed E-state index contributed by atoms with van der Waals surface area (Å²) < 4.78 is 7.41. The van der Waals surface area contributed by atoms with Crippen molar-refractivity contribution < 1.29 is 14.3 Å². The molecular formula is C25H21N5O3. The van der Waals surface area contributed by atoms with Crippen LogP contribution >= 0.6 is 0 Å². The van der Waals surface area contributed by atoms with Gasteiger partial charge in [0, 0.05) is 22.4 Å².